The van der Waals surface area contributed by atoms with Gasteiger partial charge in [0.15, 0.2) is 5.69 Å². The molecule has 2 N–H and O–H groups in total. The molecule has 1 aromatic heterocycles. The molecule has 5 rings (SSSR count). The normalized spacial score (nSPS) is 21.6. The summed E-state index contributed by atoms with van der Waals surface area (Å²) in [5.74, 6) is 6.39. The molecule has 0 unspecified atom stereocenters. The molecule has 0 bridgehead atoms. The highest BCUT2D eigenvalue weighted by Gasteiger charge is 2.34. The number of ether oxygens (including phenoxy) is 1. The fourth-order valence-corrected chi connectivity index (χ4v) is 5.92. The van der Waals surface area contributed by atoms with Gasteiger partial charge in [0.25, 0.3) is 5.91 Å². The molecule has 40 heavy (non-hydrogen) atoms. The Morgan fingerprint density at radius 1 is 1.18 bits per heavy atom. The average molecular weight is 562 g/mol. The van der Waals surface area contributed by atoms with Gasteiger partial charge in [0.1, 0.15) is 5.60 Å². The van der Waals surface area contributed by atoms with E-state index in [-0.39, 0.29) is 18.2 Å². The van der Waals surface area contributed by atoms with E-state index in [0.29, 0.717) is 33.8 Å². The van der Waals surface area contributed by atoms with Gasteiger partial charge in [0.05, 0.1) is 16.5 Å². The summed E-state index contributed by atoms with van der Waals surface area (Å²) in [5.41, 5.74) is 1.41. The van der Waals surface area contributed by atoms with Crippen LogP contribution in [0.3, 0.4) is 0 Å². The van der Waals surface area contributed by atoms with Gasteiger partial charge in [0, 0.05) is 31.8 Å². The Morgan fingerprint density at radius 2 is 1.93 bits per heavy atom. The maximum absolute atomic E-state index is 13.7. The Kier molecular flexibility index (Phi) is 8.60. The minimum absolute atomic E-state index is 0.0725. The number of rotatable bonds is 5. The SMILES string of the molecule is C[C@@H]1CCCC[C@]1(O)C#Cc1cc(CC2CCOCC2)cc2c(=O)c(C(=O)NCc3ccc(Cl)cc3)nn(C)c12. The smallest absolute Gasteiger partial charge is 0.276 e. The molecule has 1 amide bonds. The van der Waals surface area contributed by atoms with Crippen molar-refractivity contribution in [1.82, 2.24) is 15.1 Å². The predicted octanol–water partition coefficient (Wildman–Crippen LogP) is 4.78. The third-order valence-electron chi connectivity index (χ3n) is 8.32. The lowest BCUT2D eigenvalue weighted by atomic mass is 9.77. The number of aromatic nitrogens is 2. The quantitative estimate of drug-likeness (QED) is 0.437. The van der Waals surface area contributed by atoms with Crippen molar-refractivity contribution in [3.05, 3.63) is 74.0 Å². The number of aliphatic hydroxyl groups is 1. The summed E-state index contributed by atoms with van der Waals surface area (Å²) in [6.45, 7) is 3.76. The Balaban J connectivity index is 1.54. The number of hydrogen-bond donors (Lipinski definition) is 2. The van der Waals surface area contributed by atoms with Crippen molar-refractivity contribution < 1.29 is 14.6 Å². The molecule has 2 aromatic carbocycles. The van der Waals surface area contributed by atoms with E-state index in [9.17, 15) is 14.7 Å². The van der Waals surface area contributed by atoms with E-state index in [2.05, 4.69) is 22.3 Å². The van der Waals surface area contributed by atoms with Crippen LogP contribution in [0.25, 0.3) is 10.9 Å². The van der Waals surface area contributed by atoms with Crippen molar-refractivity contribution in [2.24, 2.45) is 18.9 Å². The van der Waals surface area contributed by atoms with E-state index in [1.807, 2.05) is 31.2 Å². The first-order valence-electron chi connectivity index (χ1n) is 14.1. The number of hydrogen-bond acceptors (Lipinski definition) is 5. The van der Waals surface area contributed by atoms with Gasteiger partial charge >= 0.3 is 0 Å². The minimum Gasteiger partial charge on any atom is -0.381 e. The number of nitrogens with zero attached hydrogens (tertiary/aromatic N) is 2. The van der Waals surface area contributed by atoms with Crippen molar-refractivity contribution in [3.63, 3.8) is 0 Å². The van der Waals surface area contributed by atoms with Crippen LogP contribution in [0.2, 0.25) is 5.02 Å². The number of benzene rings is 2. The fraction of sp³-hybridized carbons (Fsp3) is 0.469. The first kappa shape index (κ1) is 28.4. The average Bonchev–Trinajstić information content (AvgIpc) is 2.95. The first-order chi connectivity index (χ1) is 19.2. The first-order valence-corrected chi connectivity index (χ1v) is 14.5. The predicted molar refractivity (Wildman–Crippen MR) is 156 cm³/mol. The zero-order valence-corrected chi connectivity index (χ0v) is 23.9. The lowest BCUT2D eigenvalue weighted by Gasteiger charge is -2.33. The zero-order chi connectivity index (χ0) is 28.3. The Bertz CT molecular complexity index is 1520. The van der Waals surface area contributed by atoms with Gasteiger partial charge in [-0.2, -0.15) is 5.10 Å². The number of carbonyl (C=O) groups excluding carboxylic acids is 1. The summed E-state index contributed by atoms with van der Waals surface area (Å²) in [5, 5.41) is 19.5. The van der Waals surface area contributed by atoms with E-state index in [1.54, 1.807) is 23.9 Å². The second-order valence-electron chi connectivity index (χ2n) is 11.2. The second-order valence-corrected chi connectivity index (χ2v) is 11.7. The number of carbonyl (C=O) groups is 1. The molecular weight excluding hydrogens is 526 g/mol. The van der Waals surface area contributed by atoms with E-state index < -0.39 is 16.9 Å². The van der Waals surface area contributed by atoms with Crippen LogP contribution in [-0.2, 0) is 24.8 Å². The van der Waals surface area contributed by atoms with Crippen LogP contribution >= 0.6 is 11.6 Å². The molecule has 1 saturated carbocycles. The Morgan fingerprint density at radius 3 is 2.65 bits per heavy atom. The fourth-order valence-electron chi connectivity index (χ4n) is 5.79. The summed E-state index contributed by atoms with van der Waals surface area (Å²) < 4.78 is 7.09. The lowest BCUT2D eigenvalue weighted by molar-refractivity contribution is 0.0126. The number of nitrogens with one attached hydrogen (secondary N) is 1. The molecule has 0 spiro atoms. The molecule has 2 heterocycles. The van der Waals surface area contributed by atoms with Gasteiger partial charge in [-0.1, -0.05) is 48.9 Å². The maximum Gasteiger partial charge on any atom is 0.276 e. The van der Waals surface area contributed by atoms with E-state index in [1.165, 1.54) is 0 Å². The van der Waals surface area contributed by atoms with Crippen LogP contribution in [0.1, 0.15) is 72.6 Å². The molecule has 2 aliphatic rings. The number of halogens is 1. The van der Waals surface area contributed by atoms with Crippen LogP contribution in [-0.4, -0.2) is 39.6 Å². The monoisotopic (exact) mass is 561 g/mol. The van der Waals surface area contributed by atoms with Crippen LogP contribution in [0.15, 0.2) is 41.2 Å². The van der Waals surface area contributed by atoms with Crippen molar-refractivity contribution >= 4 is 28.4 Å². The van der Waals surface area contributed by atoms with Crippen LogP contribution < -0.4 is 10.7 Å². The summed E-state index contributed by atoms with van der Waals surface area (Å²) in [7, 11) is 1.72. The second kappa shape index (κ2) is 12.1. The summed E-state index contributed by atoms with van der Waals surface area (Å²) in [4.78, 5) is 26.8. The van der Waals surface area contributed by atoms with E-state index >= 15 is 0 Å². The third kappa shape index (κ3) is 6.25. The van der Waals surface area contributed by atoms with Crippen molar-refractivity contribution in [3.8, 4) is 11.8 Å². The standard InChI is InChI=1S/C32H36ClN3O4/c1-21-5-3-4-13-32(21,39)14-10-25-18-24(17-22-11-15-40-16-12-22)19-27-29(25)36(2)35-28(30(27)37)31(38)34-20-23-6-8-26(33)9-7-23/h6-9,18-19,21-22,39H,3-5,11-13,15-17,20H2,1-2H3,(H,34,38)/t21-,32+/m1/s1. The molecule has 1 saturated heterocycles. The van der Waals surface area contributed by atoms with Crippen molar-refractivity contribution in [1.29, 1.82) is 0 Å². The molecule has 1 aliphatic heterocycles. The van der Waals surface area contributed by atoms with Crippen LogP contribution in [0.5, 0.6) is 0 Å². The minimum atomic E-state index is -1.06. The van der Waals surface area contributed by atoms with Gasteiger partial charge in [-0.3, -0.25) is 14.3 Å². The molecule has 8 heteroatoms. The summed E-state index contributed by atoms with van der Waals surface area (Å²) in [6.07, 6.45) is 6.31. The molecule has 7 nitrogen and oxygen atoms in total. The summed E-state index contributed by atoms with van der Waals surface area (Å²) in [6, 6.07) is 11.1. The molecule has 3 aromatic rings. The largest absolute Gasteiger partial charge is 0.381 e. The van der Waals surface area contributed by atoms with Gasteiger partial charge in [-0.25, -0.2) is 0 Å². The van der Waals surface area contributed by atoms with Gasteiger partial charge < -0.3 is 15.2 Å². The highest BCUT2D eigenvalue weighted by molar-refractivity contribution is 6.30. The van der Waals surface area contributed by atoms with Crippen molar-refractivity contribution in [2.45, 2.75) is 64.0 Å². The molecule has 2 fully saturated rings. The third-order valence-corrected chi connectivity index (χ3v) is 8.58. The van der Waals surface area contributed by atoms with E-state index in [4.69, 9.17) is 16.3 Å². The summed E-state index contributed by atoms with van der Waals surface area (Å²) >= 11 is 5.96. The highest BCUT2D eigenvalue weighted by atomic mass is 35.5. The molecule has 210 valence electrons. The van der Waals surface area contributed by atoms with Crippen LogP contribution in [0, 0.1) is 23.7 Å². The topological polar surface area (TPSA) is 93.4 Å². The zero-order valence-electron chi connectivity index (χ0n) is 23.1. The molecular formula is C32H36ClN3O4. The Labute approximate surface area is 239 Å². The number of fused-ring (bicyclic) bond motifs is 1. The van der Waals surface area contributed by atoms with Gasteiger partial charge in [-0.05, 0) is 85.8 Å². The number of amides is 1. The molecule has 0 radical (unpaired) electrons. The maximum atomic E-state index is 13.7. The van der Waals surface area contributed by atoms with Crippen LogP contribution in [0.4, 0.5) is 0 Å². The molecule has 1 aliphatic carbocycles. The van der Waals surface area contributed by atoms with Crippen molar-refractivity contribution in [2.75, 3.05) is 13.2 Å². The highest BCUT2D eigenvalue weighted by Crippen LogP contribution is 2.33. The lowest BCUT2D eigenvalue weighted by Crippen LogP contribution is -2.37. The molecule has 2 atom stereocenters. The van der Waals surface area contributed by atoms with Gasteiger partial charge in [0.2, 0.25) is 5.43 Å². The van der Waals surface area contributed by atoms with Gasteiger partial charge in [-0.15, -0.1) is 0 Å². The van der Waals surface area contributed by atoms with E-state index in [0.717, 1.165) is 62.9 Å². The Hall–Kier alpha value is -3.18. The number of aryl methyl sites for hydroxylation is 1.